The Morgan fingerprint density at radius 3 is 2.35 bits per heavy atom. The number of nitrogens with one attached hydrogen (secondary N) is 3. The number of benzene rings is 3. The Hall–Kier alpha value is -4.33. The number of urea groups is 1. The maximum Gasteiger partial charge on any atom is 0.339 e. The third kappa shape index (κ3) is 6.90. The van der Waals surface area contributed by atoms with Gasteiger partial charge in [0.2, 0.25) is 0 Å². The third-order valence-corrected chi connectivity index (χ3v) is 4.04. The maximum absolute atomic E-state index is 12.1. The predicted octanol–water partition coefficient (Wildman–Crippen LogP) is 3.87. The number of anilines is 2. The molecule has 31 heavy (non-hydrogen) atoms. The molecule has 0 aromatic heterocycles. The molecular formula is C23H22N4O4. The van der Waals surface area contributed by atoms with Gasteiger partial charge in [0.25, 0.3) is 5.91 Å². The molecule has 0 aliphatic heterocycles. The second-order valence-electron chi connectivity index (χ2n) is 6.30. The van der Waals surface area contributed by atoms with E-state index >= 15 is 0 Å². The number of carbonyl (C=O) groups is 2. The van der Waals surface area contributed by atoms with Crippen LogP contribution in [0.3, 0.4) is 0 Å². The van der Waals surface area contributed by atoms with Crippen molar-refractivity contribution in [2.75, 3.05) is 24.4 Å². The van der Waals surface area contributed by atoms with Crippen LogP contribution < -0.4 is 25.5 Å². The molecular weight excluding hydrogens is 396 g/mol. The molecule has 0 aliphatic carbocycles. The second-order valence-corrected chi connectivity index (χ2v) is 6.30. The molecule has 0 atom stereocenters. The Morgan fingerprint density at radius 1 is 0.903 bits per heavy atom. The molecule has 0 saturated carbocycles. The summed E-state index contributed by atoms with van der Waals surface area (Å²) in [5, 5.41) is 9.30. The van der Waals surface area contributed by atoms with E-state index in [9.17, 15) is 9.59 Å². The van der Waals surface area contributed by atoms with E-state index in [-0.39, 0.29) is 12.5 Å². The first-order chi connectivity index (χ1) is 15.1. The van der Waals surface area contributed by atoms with Gasteiger partial charge in [0.05, 0.1) is 19.0 Å². The van der Waals surface area contributed by atoms with Gasteiger partial charge in [0.15, 0.2) is 6.61 Å². The van der Waals surface area contributed by atoms with Crippen LogP contribution in [0.1, 0.15) is 5.56 Å². The minimum Gasteiger partial charge on any atom is -0.495 e. The summed E-state index contributed by atoms with van der Waals surface area (Å²) in [5.41, 5.74) is 4.40. The van der Waals surface area contributed by atoms with Crippen LogP contribution in [0.15, 0.2) is 84.0 Å². The van der Waals surface area contributed by atoms with E-state index < -0.39 is 6.03 Å². The average molecular weight is 418 g/mol. The lowest BCUT2D eigenvalue weighted by atomic mass is 10.2. The first-order valence-electron chi connectivity index (χ1n) is 9.45. The average Bonchev–Trinajstić information content (AvgIpc) is 2.79. The molecule has 158 valence electrons. The summed E-state index contributed by atoms with van der Waals surface area (Å²) in [7, 11) is 1.54. The summed E-state index contributed by atoms with van der Waals surface area (Å²) in [6, 6.07) is 22.7. The summed E-state index contributed by atoms with van der Waals surface area (Å²) >= 11 is 0. The second kappa shape index (κ2) is 11.0. The molecule has 3 N–H and O–H groups in total. The highest BCUT2D eigenvalue weighted by molar-refractivity contribution is 5.93. The Bertz CT molecular complexity index is 1040. The number of carbonyl (C=O) groups excluding carboxylic acids is 2. The number of amides is 3. The Balaban J connectivity index is 1.43. The van der Waals surface area contributed by atoms with Gasteiger partial charge in [-0.2, -0.15) is 5.10 Å². The van der Waals surface area contributed by atoms with Crippen molar-refractivity contribution in [3.05, 3.63) is 84.4 Å². The van der Waals surface area contributed by atoms with Crippen molar-refractivity contribution in [2.45, 2.75) is 0 Å². The molecule has 3 amide bonds. The molecule has 3 rings (SSSR count). The summed E-state index contributed by atoms with van der Waals surface area (Å²) in [5.74, 6) is 0.802. The fraction of sp³-hybridized carbons (Fsp3) is 0.0870. The fourth-order valence-corrected chi connectivity index (χ4v) is 2.58. The summed E-state index contributed by atoms with van der Waals surface area (Å²) in [6.07, 6.45) is 1.50. The van der Waals surface area contributed by atoms with Crippen molar-refractivity contribution in [1.82, 2.24) is 5.43 Å². The first kappa shape index (κ1) is 21.4. The molecule has 0 fully saturated rings. The molecule has 3 aromatic carbocycles. The smallest absolute Gasteiger partial charge is 0.339 e. The van der Waals surface area contributed by atoms with Crippen LogP contribution in [0.25, 0.3) is 0 Å². The first-order valence-corrected chi connectivity index (χ1v) is 9.45. The van der Waals surface area contributed by atoms with Gasteiger partial charge in [0.1, 0.15) is 11.5 Å². The van der Waals surface area contributed by atoms with Crippen molar-refractivity contribution in [3.63, 3.8) is 0 Å². The maximum atomic E-state index is 12.1. The molecule has 8 heteroatoms. The van der Waals surface area contributed by atoms with Crippen molar-refractivity contribution >= 4 is 29.5 Å². The topological polar surface area (TPSA) is 101 Å². The van der Waals surface area contributed by atoms with Crippen LogP contribution in [0, 0.1) is 0 Å². The zero-order valence-corrected chi connectivity index (χ0v) is 16.9. The molecule has 8 nitrogen and oxygen atoms in total. The number of para-hydroxylation sites is 3. The molecule has 0 radical (unpaired) electrons. The molecule has 0 spiro atoms. The number of hydrazone groups is 1. The van der Waals surface area contributed by atoms with E-state index in [1.807, 2.05) is 24.3 Å². The van der Waals surface area contributed by atoms with Gasteiger partial charge in [-0.1, -0.05) is 30.3 Å². The van der Waals surface area contributed by atoms with Crippen LogP contribution in [-0.2, 0) is 4.79 Å². The lowest BCUT2D eigenvalue weighted by Crippen LogP contribution is -2.24. The number of methoxy groups -OCH3 is 1. The van der Waals surface area contributed by atoms with Crippen molar-refractivity contribution in [3.8, 4) is 11.5 Å². The highest BCUT2D eigenvalue weighted by Gasteiger charge is 2.07. The van der Waals surface area contributed by atoms with Crippen LogP contribution in [0.4, 0.5) is 16.2 Å². The van der Waals surface area contributed by atoms with Gasteiger partial charge in [-0.25, -0.2) is 10.2 Å². The number of ether oxygens (including phenoxy) is 2. The Kier molecular flexibility index (Phi) is 7.59. The quantitative estimate of drug-likeness (QED) is 0.382. The van der Waals surface area contributed by atoms with Gasteiger partial charge in [0, 0.05) is 5.69 Å². The van der Waals surface area contributed by atoms with Gasteiger partial charge in [-0.15, -0.1) is 0 Å². The van der Waals surface area contributed by atoms with E-state index in [4.69, 9.17) is 9.47 Å². The SMILES string of the molecule is COc1ccccc1NC(=O)COc1ccc(/C=N\NC(=O)Nc2ccccc2)cc1. The fourth-order valence-electron chi connectivity index (χ4n) is 2.58. The highest BCUT2D eigenvalue weighted by Crippen LogP contribution is 2.22. The van der Waals surface area contributed by atoms with E-state index in [0.29, 0.717) is 22.9 Å². The van der Waals surface area contributed by atoms with Crippen LogP contribution in [0.2, 0.25) is 0 Å². The van der Waals surface area contributed by atoms with Crippen molar-refractivity contribution in [2.24, 2.45) is 5.10 Å². The van der Waals surface area contributed by atoms with Crippen LogP contribution in [0.5, 0.6) is 11.5 Å². The number of rotatable bonds is 8. The largest absolute Gasteiger partial charge is 0.495 e. The lowest BCUT2D eigenvalue weighted by Gasteiger charge is -2.10. The zero-order valence-electron chi connectivity index (χ0n) is 16.9. The normalized spacial score (nSPS) is 10.4. The molecule has 0 bridgehead atoms. The molecule has 3 aromatic rings. The van der Waals surface area contributed by atoms with Crippen LogP contribution in [-0.4, -0.2) is 31.9 Å². The van der Waals surface area contributed by atoms with Crippen molar-refractivity contribution < 1.29 is 19.1 Å². The summed E-state index contributed by atoms with van der Waals surface area (Å²) < 4.78 is 10.7. The monoisotopic (exact) mass is 418 g/mol. The molecule has 0 aliphatic rings. The highest BCUT2D eigenvalue weighted by atomic mass is 16.5. The number of hydrogen-bond donors (Lipinski definition) is 3. The molecule has 0 heterocycles. The minimum absolute atomic E-state index is 0.146. The van der Waals surface area contributed by atoms with E-state index in [1.54, 1.807) is 54.6 Å². The predicted molar refractivity (Wildman–Crippen MR) is 120 cm³/mol. The number of hydrogen-bond acceptors (Lipinski definition) is 5. The van der Waals surface area contributed by atoms with E-state index in [2.05, 4.69) is 21.2 Å². The van der Waals surface area contributed by atoms with Gasteiger partial charge < -0.3 is 20.1 Å². The summed E-state index contributed by atoms with van der Waals surface area (Å²) in [4.78, 5) is 23.9. The Morgan fingerprint density at radius 2 is 1.61 bits per heavy atom. The van der Waals surface area contributed by atoms with E-state index in [1.165, 1.54) is 13.3 Å². The molecule has 0 saturated heterocycles. The third-order valence-electron chi connectivity index (χ3n) is 4.04. The molecule has 0 unspecified atom stereocenters. The van der Waals surface area contributed by atoms with Gasteiger partial charge in [-0.05, 0) is 54.1 Å². The zero-order chi connectivity index (χ0) is 21.9. The van der Waals surface area contributed by atoms with E-state index in [0.717, 1.165) is 5.56 Å². The Labute approximate surface area is 179 Å². The standard InChI is InChI=1S/C23H22N4O4/c1-30-21-10-6-5-9-20(21)26-22(28)16-31-19-13-11-17(12-14-19)15-24-27-23(29)25-18-7-3-2-4-8-18/h2-15H,16H2,1H3,(H,26,28)(H2,25,27,29)/b24-15-. The summed E-state index contributed by atoms with van der Waals surface area (Å²) in [6.45, 7) is -0.146. The van der Waals surface area contributed by atoms with Crippen LogP contribution >= 0.6 is 0 Å². The van der Waals surface area contributed by atoms with Gasteiger partial charge in [-0.3, -0.25) is 4.79 Å². The lowest BCUT2D eigenvalue weighted by molar-refractivity contribution is -0.118. The van der Waals surface area contributed by atoms with Crippen molar-refractivity contribution in [1.29, 1.82) is 0 Å². The number of nitrogens with zero attached hydrogens (tertiary/aromatic N) is 1. The minimum atomic E-state index is -0.441. The van der Waals surface area contributed by atoms with Gasteiger partial charge >= 0.3 is 6.03 Å².